The Morgan fingerprint density at radius 2 is 1.97 bits per heavy atom. The van der Waals surface area contributed by atoms with E-state index in [0.29, 0.717) is 65.9 Å². The van der Waals surface area contributed by atoms with Crippen LogP contribution >= 0.6 is 0 Å². The number of amides is 1. The van der Waals surface area contributed by atoms with Crippen LogP contribution in [0.4, 0.5) is 4.79 Å². The van der Waals surface area contributed by atoms with Gasteiger partial charge in [0.1, 0.15) is 12.4 Å². The number of cyclic esters (lactones) is 1. The summed E-state index contributed by atoms with van der Waals surface area (Å²) in [7, 11) is 1.94. The number of aromatic nitrogens is 2. The van der Waals surface area contributed by atoms with Crippen LogP contribution in [0.3, 0.4) is 0 Å². The standard InChI is InChI=1S/C29H32N4O6/c1-4-18-19-12-17(39-28(36)32-10-8-16(30-3)9-11-32)6-7-23(19)31-25-20(18)14-33-24(25)13-22-21(26(33)34)15-38-27(35)29(22,37)5-2/h6-7,12-13,16,30,37H,4-5,8-11,14-15H2,1-3H3/t29-/m0/s1. The molecular formula is C29H32N4O6. The number of carbonyl (C=O) groups is 2. The molecule has 0 unspecified atom stereocenters. The molecule has 39 heavy (non-hydrogen) atoms. The molecule has 10 heteroatoms. The minimum Gasteiger partial charge on any atom is -0.458 e. The van der Waals surface area contributed by atoms with Gasteiger partial charge in [0.2, 0.25) is 0 Å². The smallest absolute Gasteiger partial charge is 0.415 e. The van der Waals surface area contributed by atoms with Gasteiger partial charge >= 0.3 is 12.1 Å². The summed E-state index contributed by atoms with van der Waals surface area (Å²) in [6.07, 6.45) is 2.19. The van der Waals surface area contributed by atoms with Crippen molar-refractivity contribution >= 4 is 23.0 Å². The van der Waals surface area contributed by atoms with E-state index in [-0.39, 0.29) is 24.7 Å². The molecule has 0 spiro atoms. The molecule has 3 aliphatic heterocycles. The molecule has 1 fully saturated rings. The Morgan fingerprint density at radius 3 is 2.67 bits per heavy atom. The first kappa shape index (κ1) is 25.5. The average Bonchev–Trinajstić information content (AvgIpc) is 3.32. The van der Waals surface area contributed by atoms with E-state index >= 15 is 0 Å². The van der Waals surface area contributed by atoms with Gasteiger partial charge in [0, 0.05) is 35.6 Å². The lowest BCUT2D eigenvalue weighted by Gasteiger charge is -2.31. The number of piperidine rings is 1. The van der Waals surface area contributed by atoms with Gasteiger partial charge in [-0.2, -0.15) is 0 Å². The minimum absolute atomic E-state index is 0.0922. The van der Waals surface area contributed by atoms with Crippen molar-refractivity contribution in [3.8, 4) is 17.1 Å². The van der Waals surface area contributed by atoms with E-state index < -0.39 is 11.6 Å². The fourth-order valence-electron chi connectivity index (χ4n) is 6.12. The van der Waals surface area contributed by atoms with Gasteiger partial charge in [-0.15, -0.1) is 0 Å². The van der Waals surface area contributed by atoms with E-state index in [2.05, 4.69) is 5.32 Å². The molecule has 2 aromatic heterocycles. The monoisotopic (exact) mass is 532 g/mol. The maximum absolute atomic E-state index is 13.5. The van der Waals surface area contributed by atoms with E-state index in [1.807, 2.05) is 26.1 Å². The largest absolute Gasteiger partial charge is 0.458 e. The Labute approximate surface area is 225 Å². The molecule has 1 amide bonds. The van der Waals surface area contributed by atoms with E-state index in [1.54, 1.807) is 28.5 Å². The Morgan fingerprint density at radius 1 is 1.21 bits per heavy atom. The number of hydrogen-bond acceptors (Lipinski definition) is 8. The van der Waals surface area contributed by atoms with Crippen LogP contribution in [0.1, 0.15) is 55.4 Å². The third-order valence-corrected chi connectivity index (χ3v) is 8.50. The summed E-state index contributed by atoms with van der Waals surface area (Å²) in [5.41, 5.74) is 2.32. The Hall–Kier alpha value is -3.76. The number of aryl methyl sites for hydroxylation is 1. The topological polar surface area (TPSA) is 123 Å². The predicted molar refractivity (Wildman–Crippen MR) is 144 cm³/mol. The van der Waals surface area contributed by atoms with E-state index in [9.17, 15) is 19.5 Å². The van der Waals surface area contributed by atoms with Gasteiger partial charge in [0.05, 0.1) is 29.0 Å². The van der Waals surface area contributed by atoms with Gasteiger partial charge in [-0.25, -0.2) is 14.6 Å². The van der Waals surface area contributed by atoms with Crippen LogP contribution in [-0.4, -0.2) is 57.8 Å². The van der Waals surface area contributed by atoms with Gasteiger partial charge in [-0.05, 0) is 62.6 Å². The third kappa shape index (κ3) is 3.92. The molecule has 1 saturated heterocycles. The normalized spacial score (nSPS) is 20.4. The zero-order valence-corrected chi connectivity index (χ0v) is 22.4. The second-order valence-electron chi connectivity index (χ2n) is 10.5. The van der Waals surface area contributed by atoms with Gasteiger partial charge in [0.25, 0.3) is 5.56 Å². The molecule has 0 saturated carbocycles. The number of hydrogen-bond donors (Lipinski definition) is 2. The number of aliphatic hydroxyl groups is 1. The number of benzene rings is 1. The van der Waals surface area contributed by atoms with Crippen LogP contribution < -0.4 is 15.6 Å². The fourth-order valence-corrected chi connectivity index (χ4v) is 6.12. The summed E-state index contributed by atoms with van der Waals surface area (Å²) in [4.78, 5) is 45.4. The zero-order valence-electron chi connectivity index (χ0n) is 22.4. The number of fused-ring (bicyclic) bond motifs is 5. The van der Waals surface area contributed by atoms with E-state index in [4.69, 9.17) is 14.5 Å². The molecule has 2 N–H and O–H groups in total. The molecule has 5 heterocycles. The van der Waals surface area contributed by atoms with Gasteiger partial charge in [0.15, 0.2) is 5.60 Å². The fraction of sp³-hybridized carbons (Fsp3) is 0.448. The summed E-state index contributed by atoms with van der Waals surface area (Å²) in [6, 6.07) is 7.54. The third-order valence-electron chi connectivity index (χ3n) is 8.50. The van der Waals surface area contributed by atoms with Crippen LogP contribution in [0.25, 0.3) is 22.3 Å². The number of esters is 1. The summed E-state index contributed by atoms with van der Waals surface area (Å²) < 4.78 is 12.6. The Balaban J connectivity index is 1.38. The van der Waals surface area contributed by atoms with Gasteiger partial charge < -0.3 is 29.4 Å². The quantitative estimate of drug-likeness (QED) is 0.385. The maximum atomic E-state index is 13.5. The summed E-state index contributed by atoms with van der Waals surface area (Å²) in [5, 5.41) is 15.2. The number of ether oxygens (including phenoxy) is 2. The molecule has 3 aromatic rings. The van der Waals surface area contributed by atoms with Gasteiger partial charge in [-0.3, -0.25) is 4.79 Å². The molecule has 0 bridgehead atoms. The van der Waals surface area contributed by atoms with E-state index in [1.165, 1.54) is 0 Å². The summed E-state index contributed by atoms with van der Waals surface area (Å²) in [6.45, 7) is 5.18. The molecule has 3 aliphatic rings. The molecule has 10 nitrogen and oxygen atoms in total. The van der Waals surface area contributed by atoms with Crippen molar-refractivity contribution < 1.29 is 24.2 Å². The van der Waals surface area contributed by atoms with E-state index in [0.717, 1.165) is 29.4 Å². The summed E-state index contributed by atoms with van der Waals surface area (Å²) in [5.74, 6) is -0.291. The second-order valence-corrected chi connectivity index (χ2v) is 10.5. The first-order valence-corrected chi connectivity index (χ1v) is 13.6. The van der Waals surface area contributed by atoms with Crippen LogP contribution in [0, 0.1) is 0 Å². The second kappa shape index (κ2) is 9.46. The van der Waals surface area contributed by atoms with Crippen LogP contribution in [-0.2, 0) is 34.7 Å². The predicted octanol–water partition coefficient (Wildman–Crippen LogP) is 2.82. The number of carbonyl (C=O) groups excluding carboxylic acids is 2. The lowest BCUT2D eigenvalue weighted by Crippen LogP contribution is -2.45. The highest BCUT2D eigenvalue weighted by molar-refractivity contribution is 5.90. The zero-order chi connectivity index (χ0) is 27.5. The number of nitrogens with one attached hydrogen (secondary N) is 1. The lowest BCUT2D eigenvalue weighted by atomic mass is 9.86. The highest BCUT2D eigenvalue weighted by Gasteiger charge is 2.45. The number of likely N-dealkylation sites (tertiary alicyclic amines) is 1. The SMILES string of the molecule is CCc1c2c(nc3ccc(OC(=O)N4CCC(NC)CC4)cc13)-c1cc3c(c(=O)n1C2)COC(=O)[C@]3(O)CC. The lowest BCUT2D eigenvalue weighted by molar-refractivity contribution is -0.172. The molecule has 1 atom stereocenters. The molecule has 0 aliphatic carbocycles. The molecule has 1 aromatic carbocycles. The molecule has 0 radical (unpaired) electrons. The van der Waals surface area contributed by atoms with Crippen molar-refractivity contribution in [1.29, 1.82) is 0 Å². The Kier molecular flexibility index (Phi) is 6.19. The number of rotatable bonds is 4. The highest BCUT2D eigenvalue weighted by atomic mass is 16.6. The first-order valence-electron chi connectivity index (χ1n) is 13.6. The van der Waals surface area contributed by atoms with Crippen molar-refractivity contribution in [2.24, 2.45) is 0 Å². The highest BCUT2D eigenvalue weighted by Crippen LogP contribution is 2.40. The molecule has 204 valence electrons. The Bertz CT molecular complexity index is 1570. The minimum atomic E-state index is -1.86. The maximum Gasteiger partial charge on any atom is 0.415 e. The summed E-state index contributed by atoms with van der Waals surface area (Å²) >= 11 is 0. The average molecular weight is 533 g/mol. The van der Waals surface area contributed by atoms with Crippen molar-refractivity contribution in [2.45, 2.75) is 64.3 Å². The van der Waals surface area contributed by atoms with Crippen molar-refractivity contribution in [3.63, 3.8) is 0 Å². The van der Waals surface area contributed by atoms with Crippen LogP contribution in [0.15, 0.2) is 29.1 Å². The first-order chi connectivity index (χ1) is 18.8. The molecule has 6 rings (SSSR count). The van der Waals surface area contributed by atoms with Crippen molar-refractivity contribution in [1.82, 2.24) is 19.8 Å². The number of nitrogens with zero attached hydrogens (tertiary/aromatic N) is 3. The number of pyridine rings is 2. The van der Waals surface area contributed by atoms with Crippen molar-refractivity contribution in [2.75, 3.05) is 20.1 Å². The van der Waals surface area contributed by atoms with Crippen LogP contribution in [0.5, 0.6) is 5.75 Å². The van der Waals surface area contributed by atoms with Crippen molar-refractivity contribution in [3.05, 3.63) is 56.9 Å². The molecular weight excluding hydrogens is 500 g/mol. The van der Waals surface area contributed by atoms with Crippen LogP contribution in [0.2, 0.25) is 0 Å². The van der Waals surface area contributed by atoms with Gasteiger partial charge in [-0.1, -0.05) is 13.8 Å².